The fourth-order valence-electron chi connectivity index (χ4n) is 2.90. The Balaban J connectivity index is 2.03. The van der Waals surface area contributed by atoms with Gasteiger partial charge >= 0.3 is 0 Å². The van der Waals surface area contributed by atoms with E-state index in [-0.39, 0.29) is 18.3 Å². The minimum absolute atomic E-state index is 0.0538. The summed E-state index contributed by atoms with van der Waals surface area (Å²) in [5.41, 5.74) is 8.49. The molecule has 6 heteroatoms. The molecule has 2 aromatic rings. The summed E-state index contributed by atoms with van der Waals surface area (Å²) in [6, 6.07) is 9.76. The Bertz CT molecular complexity index is 1020. The fourth-order valence-corrected chi connectivity index (χ4v) is 3.92. The molecule has 130 valence electrons. The highest BCUT2D eigenvalue weighted by Crippen LogP contribution is 2.39. The lowest BCUT2D eigenvalue weighted by Crippen LogP contribution is -2.47. The van der Waals surface area contributed by atoms with Gasteiger partial charge in [0.25, 0.3) is 0 Å². The Morgan fingerprint density at radius 3 is 2.65 bits per heavy atom. The van der Waals surface area contributed by atoms with Crippen LogP contribution in [0.15, 0.2) is 34.6 Å². The second-order valence-corrected chi connectivity index (χ2v) is 7.27. The first-order chi connectivity index (χ1) is 12.4. The van der Waals surface area contributed by atoms with Gasteiger partial charge in [-0.25, -0.2) is 4.99 Å². The predicted molar refractivity (Wildman–Crippen MR) is 103 cm³/mol. The summed E-state index contributed by atoms with van der Waals surface area (Å²) in [5, 5.41) is 11.3. The van der Waals surface area contributed by atoms with Crippen molar-refractivity contribution >= 4 is 23.2 Å². The highest BCUT2D eigenvalue weighted by atomic mass is 32.1. The van der Waals surface area contributed by atoms with Crippen LogP contribution in [0.2, 0.25) is 0 Å². The Morgan fingerprint density at radius 1 is 1.27 bits per heavy atom. The average Bonchev–Trinajstić information content (AvgIpc) is 3.10. The number of nitriles is 1. The van der Waals surface area contributed by atoms with Crippen molar-refractivity contribution in [2.24, 2.45) is 10.7 Å². The molecule has 0 radical (unpaired) electrons. The number of hydrogen-bond acceptors (Lipinski definition) is 5. The molecule has 1 atom stereocenters. The zero-order valence-corrected chi connectivity index (χ0v) is 15.6. The first-order valence-corrected chi connectivity index (χ1v) is 8.93. The van der Waals surface area contributed by atoms with Crippen LogP contribution in [-0.4, -0.2) is 23.8 Å². The SMILES string of the molecule is CC#Cc1cc(C#N)cc(-c2csc([C@]3(C)CC(=O)N(C)C(N)=N3)c2)c1. The molecule has 2 heterocycles. The summed E-state index contributed by atoms with van der Waals surface area (Å²) in [7, 11) is 1.63. The van der Waals surface area contributed by atoms with Gasteiger partial charge in [-0.05, 0) is 54.6 Å². The van der Waals surface area contributed by atoms with Gasteiger partial charge in [0.1, 0.15) is 5.54 Å². The van der Waals surface area contributed by atoms with E-state index in [2.05, 4.69) is 22.9 Å². The van der Waals surface area contributed by atoms with Crippen LogP contribution in [0.5, 0.6) is 0 Å². The Morgan fingerprint density at radius 2 is 2.00 bits per heavy atom. The van der Waals surface area contributed by atoms with Crippen molar-refractivity contribution in [3.8, 4) is 29.0 Å². The van der Waals surface area contributed by atoms with Crippen LogP contribution < -0.4 is 5.73 Å². The third-order valence-corrected chi connectivity index (χ3v) is 5.55. The van der Waals surface area contributed by atoms with Gasteiger partial charge in [0.2, 0.25) is 5.91 Å². The maximum absolute atomic E-state index is 12.2. The van der Waals surface area contributed by atoms with Crippen molar-refractivity contribution < 1.29 is 4.79 Å². The monoisotopic (exact) mass is 362 g/mol. The van der Waals surface area contributed by atoms with Gasteiger partial charge < -0.3 is 5.73 Å². The molecular formula is C20H18N4OS. The first kappa shape index (κ1) is 17.7. The Kier molecular flexibility index (Phi) is 4.54. The molecule has 1 amide bonds. The molecule has 0 aliphatic carbocycles. The van der Waals surface area contributed by atoms with Crippen LogP contribution in [0.3, 0.4) is 0 Å². The lowest BCUT2D eigenvalue weighted by Gasteiger charge is -2.32. The zero-order chi connectivity index (χ0) is 18.9. The topological polar surface area (TPSA) is 82.5 Å². The summed E-state index contributed by atoms with van der Waals surface area (Å²) in [6.45, 7) is 3.68. The second kappa shape index (κ2) is 6.67. The summed E-state index contributed by atoms with van der Waals surface area (Å²) < 4.78 is 0. The molecule has 1 aromatic carbocycles. The largest absolute Gasteiger partial charge is 0.369 e. The van der Waals surface area contributed by atoms with Crippen molar-refractivity contribution in [2.75, 3.05) is 7.05 Å². The number of hydrogen-bond donors (Lipinski definition) is 1. The van der Waals surface area contributed by atoms with Crippen molar-refractivity contribution in [3.05, 3.63) is 45.6 Å². The highest BCUT2D eigenvalue weighted by molar-refractivity contribution is 7.10. The standard InChI is InChI=1S/C20H18N4OS/c1-4-5-13-6-14(11-21)8-15(7-13)16-9-17(26-12-16)20(2)10-18(25)24(3)19(22)23-20/h6-9,12H,10H2,1-3H3,(H2,22,23)/t20-/m0/s1. The number of carbonyl (C=O) groups is 1. The molecule has 0 fully saturated rings. The molecule has 0 spiro atoms. The van der Waals surface area contributed by atoms with Gasteiger partial charge in [0.15, 0.2) is 5.96 Å². The fraction of sp³-hybridized carbons (Fsp3) is 0.250. The summed E-state index contributed by atoms with van der Waals surface area (Å²) in [4.78, 5) is 19.1. The number of guanidine groups is 1. The summed E-state index contributed by atoms with van der Waals surface area (Å²) >= 11 is 1.54. The quantitative estimate of drug-likeness (QED) is 0.834. The molecule has 0 bridgehead atoms. The van der Waals surface area contributed by atoms with E-state index in [9.17, 15) is 10.1 Å². The van der Waals surface area contributed by atoms with Gasteiger partial charge in [-0.15, -0.1) is 17.3 Å². The molecule has 3 rings (SSSR count). The lowest BCUT2D eigenvalue weighted by atomic mass is 9.93. The molecule has 0 unspecified atom stereocenters. The maximum atomic E-state index is 12.2. The van der Waals surface area contributed by atoms with Crippen molar-refractivity contribution in [1.29, 1.82) is 5.26 Å². The van der Waals surface area contributed by atoms with Crippen LogP contribution in [0.25, 0.3) is 11.1 Å². The molecule has 1 aromatic heterocycles. The van der Waals surface area contributed by atoms with E-state index in [1.807, 2.05) is 30.5 Å². The van der Waals surface area contributed by atoms with E-state index in [1.54, 1.807) is 20.0 Å². The van der Waals surface area contributed by atoms with Crippen molar-refractivity contribution in [2.45, 2.75) is 25.8 Å². The molecule has 5 nitrogen and oxygen atoms in total. The van der Waals surface area contributed by atoms with Crippen LogP contribution in [0.4, 0.5) is 0 Å². The van der Waals surface area contributed by atoms with Crippen molar-refractivity contribution in [1.82, 2.24) is 4.90 Å². The summed E-state index contributed by atoms with van der Waals surface area (Å²) in [6.07, 6.45) is 0.273. The van der Waals surface area contributed by atoms with E-state index < -0.39 is 5.54 Å². The average molecular weight is 362 g/mol. The first-order valence-electron chi connectivity index (χ1n) is 8.05. The molecule has 0 saturated carbocycles. The Hall–Kier alpha value is -3.09. The number of amides is 1. The van der Waals surface area contributed by atoms with Gasteiger partial charge in [0.05, 0.1) is 18.1 Å². The van der Waals surface area contributed by atoms with E-state index in [0.717, 1.165) is 21.6 Å². The van der Waals surface area contributed by atoms with Crippen molar-refractivity contribution in [3.63, 3.8) is 0 Å². The number of thiophene rings is 1. The van der Waals surface area contributed by atoms with Gasteiger partial charge in [-0.3, -0.25) is 9.69 Å². The van der Waals surface area contributed by atoms with Crippen LogP contribution >= 0.6 is 11.3 Å². The van der Waals surface area contributed by atoms with Crippen LogP contribution in [0.1, 0.15) is 36.3 Å². The molecular weight excluding hydrogens is 344 g/mol. The van der Waals surface area contributed by atoms with Crippen LogP contribution in [-0.2, 0) is 10.3 Å². The number of benzene rings is 1. The Labute approximate surface area is 156 Å². The van der Waals surface area contributed by atoms with Gasteiger partial charge in [-0.2, -0.15) is 5.26 Å². The third kappa shape index (κ3) is 3.20. The minimum atomic E-state index is -0.671. The zero-order valence-electron chi connectivity index (χ0n) is 14.8. The highest BCUT2D eigenvalue weighted by Gasteiger charge is 2.37. The molecule has 0 saturated heterocycles. The molecule has 26 heavy (non-hydrogen) atoms. The smallest absolute Gasteiger partial charge is 0.231 e. The normalized spacial score (nSPS) is 19.4. The number of aliphatic imine (C=N–C) groups is 1. The van der Waals surface area contributed by atoms with Crippen LogP contribution in [0, 0.1) is 23.2 Å². The molecule has 1 aliphatic heterocycles. The number of nitrogens with two attached hydrogens (primary N) is 1. The van der Waals surface area contributed by atoms with Gasteiger partial charge in [-0.1, -0.05) is 5.92 Å². The predicted octanol–water partition coefficient (Wildman–Crippen LogP) is 3.05. The number of carbonyl (C=O) groups excluding carboxylic acids is 1. The van der Waals surface area contributed by atoms with E-state index in [4.69, 9.17) is 5.73 Å². The minimum Gasteiger partial charge on any atom is -0.369 e. The molecule has 2 N–H and O–H groups in total. The maximum Gasteiger partial charge on any atom is 0.231 e. The number of rotatable bonds is 2. The van der Waals surface area contributed by atoms with E-state index in [0.29, 0.717) is 5.56 Å². The van der Waals surface area contributed by atoms with E-state index >= 15 is 0 Å². The van der Waals surface area contributed by atoms with Gasteiger partial charge in [0, 0.05) is 17.5 Å². The lowest BCUT2D eigenvalue weighted by molar-refractivity contribution is -0.128. The number of nitrogens with zero attached hydrogens (tertiary/aromatic N) is 3. The molecule has 1 aliphatic rings. The third-order valence-electron chi connectivity index (χ3n) is 4.37. The second-order valence-electron chi connectivity index (χ2n) is 6.36. The summed E-state index contributed by atoms with van der Waals surface area (Å²) in [5.74, 6) is 6.03. The van der Waals surface area contributed by atoms with E-state index in [1.165, 1.54) is 16.2 Å².